The fourth-order valence-electron chi connectivity index (χ4n) is 2.06. The third-order valence-corrected chi connectivity index (χ3v) is 3.60. The highest BCUT2D eigenvalue weighted by Crippen LogP contribution is 2.22. The Balaban J connectivity index is 2.45. The van der Waals surface area contributed by atoms with E-state index in [-0.39, 0.29) is 4.92 Å². The number of fused-ring (bicyclic) bond motifs is 1. The maximum absolute atomic E-state index is 11.5. The maximum Gasteiger partial charge on any atom is 0.330 e. The zero-order valence-electron chi connectivity index (χ0n) is 10.7. The number of nitrogens with zero attached hydrogens (tertiary/aromatic N) is 2. The van der Waals surface area contributed by atoms with Crippen molar-refractivity contribution < 1.29 is 4.92 Å². The Morgan fingerprint density at radius 1 is 1.53 bits per heavy atom. The third-order valence-electron chi connectivity index (χ3n) is 3.17. The Bertz CT molecular complexity index is 590. The van der Waals surface area contributed by atoms with Crippen LogP contribution in [0.1, 0.15) is 19.8 Å². The van der Waals surface area contributed by atoms with Crippen LogP contribution in [-0.2, 0) is 0 Å². The highest BCUT2D eigenvalue weighted by molar-refractivity contribution is 6.21. The van der Waals surface area contributed by atoms with Crippen molar-refractivity contribution in [2.24, 2.45) is 4.99 Å². The molecular weight excluding hydrogens is 266 g/mol. The highest BCUT2D eigenvalue weighted by atomic mass is 35.5. The number of halogens is 1. The topological polar surface area (TPSA) is 67.5 Å². The summed E-state index contributed by atoms with van der Waals surface area (Å²) in [6.45, 7) is 2.57. The van der Waals surface area contributed by atoms with Crippen LogP contribution in [-0.4, -0.2) is 22.6 Å². The van der Waals surface area contributed by atoms with Crippen molar-refractivity contribution in [1.29, 1.82) is 0 Å². The number of benzene rings is 1. The lowest BCUT2D eigenvalue weighted by molar-refractivity contribution is -0.557. The van der Waals surface area contributed by atoms with E-state index in [1.807, 2.05) is 19.1 Å². The zero-order chi connectivity index (χ0) is 13.9. The number of unbranched alkanes of at least 4 members (excludes halogenated alkanes) is 1. The SMILES string of the molecule is CCCCNC1([N+](=O)[O-])C=c2ccccc2=NC1Cl. The van der Waals surface area contributed by atoms with Gasteiger partial charge in [0, 0.05) is 17.8 Å². The van der Waals surface area contributed by atoms with Crippen molar-refractivity contribution in [2.45, 2.75) is 30.9 Å². The first kappa shape index (κ1) is 14.0. The second-order valence-electron chi connectivity index (χ2n) is 4.53. The van der Waals surface area contributed by atoms with Gasteiger partial charge in [-0.15, -0.1) is 0 Å². The van der Waals surface area contributed by atoms with E-state index in [0.717, 1.165) is 18.1 Å². The number of hydrogen-bond acceptors (Lipinski definition) is 4. The van der Waals surface area contributed by atoms with E-state index in [0.29, 0.717) is 11.9 Å². The van der Waals surface area contributed by atoms with Crippen LogP contribution >= 0.6 is 11.6 Å². The molecule has 0 spiro atoms. The fourth-order valence-corrected chi connectivity index (χ4v) is 2.38. The molecule has 0 saturated carbocycles. The molecule has 0 saturated heterocycles. The molecule has 1 aliphatic heterocycles. The molecule has 1 aromatic rings. The highest BCUT2D eigenvalue weighted by Gasteiger charge is 2.49. The molecular formula is C13H16ClN3O2. The number of alkyl halides is 1. The molecule has 1 N–H and O–H groups in total. The van der Waals surface area contributed by atoms with Crippen LogP contribution in [0.3, 0.4) is 0 Å². The van der Waals surface area contributed by atoms with Gasteiger partial charge in [-0.1, -0.05) is 43.1 Å². The minimum atomic E-state index is -1.52. The van der Waals surface area contributed by atoms with Gasteiger partial charge in [0.25, 0.3) is 0 Å². The normalized spacial score (nSPS) is 25.1. The van der Waals surface area contributed by atoms with Crippen molar-refractivity contribution >= 4 is 17.7 Å². The maximum atomic E-state index is 11.5. The lowest BCUT2D eigenvalue weighted by Crippen LogP contribution is -2.60. The molecule has 5 nitrogen and oxygen atoms in total. The molecule has 0 bridgehead atoms. The van der Waals surface area contributed by atoms with Gasteiger partial charge < -0.3 is 0 Å². The van der Waals surface area contributed by atoms with E-state index < -0.39 is 11.2 Å². The Morgan fingerprint density at radius 3 is 2.95 bits per heavy atom. The summed E-state index contributed by atoms with van der Waals surface area (Å²) in [6.07, 6.45) is 3.39. The smallest absolute Gasteiger partial charge is 0.262 e. The average molecular weight is 282 g/mol. The molecule has 0 radical (unpaired) electrons. The first-order valence-corrected chi connectivity index (χ1v) is 6.73. The van der Waals surface area contributed by atoms with Crippen LogP contribution in [0.4, 0.5) is 0 Å². The van der Waals surface area contributed by atoms with Gasteiger partial charge in [0.05, 0.1) is 10.3 Å². The predicted molar refractivity (Wildman–Crippen MR) is 74.0 cm³/mol. The summed E-state index contributed by atoms with van der Waals surface area (Å²) in [5.41, 5.74) is -2.47. The Kier molecular flexibility index (Phi) is 4.17. The van der Waals surface area contributed by atoms with Crippen LogP contribution in [0.2, 0.25) is 0 Å². The van der Waals surface area contributed by atoms with E-state index in [4.69, 9.17) is 11.6 Å². The summed E-state index contributed by atoms with van der Waals surface area (Å²) in [5.74, 6) is 0. The van der Waals surface area contributed by atoms with E-state index >= 15 is 0 Å². The molecule has 6 heteroatoms. The molecule has 0 aliphatic carbocycles. The number of nitro groups is 1. The van der Waals surface area contributed by atoms with Crippen molar-refractivity contribution in [2.75, 3.05) is 6.54 Å². The monoisotopic (exact) mass is 281 g/mol. The molecule has 2 atom stereocenters. The molecule has 102 valence electrons. The Morgan fingerprint density at radius 2 is 2.26 bits per heavy atom. The van der Waals surface area contributed by atoms with Gasteiger partial charge in [-0.3, -0.25) is 15.1 Å². The summed E-state index contributed by atoms with van der Waals surface area (Å²) in [5, 5.41) is 15.8. The van der Waals surface area contributed by atoms with Gasteiger partial charge in [-0.25, -0.2) is 5.32 Å². The second kappa shape index (κ2) is 5.67. The first-order valence-electron chi connectivity index (χ1n) is 6.29. The quantitative estimate of drug-likeness (QED) is 0.219. The van der Waals surface area contributed by atoms with E-state index in [1.54, 1.807) is 18.2 Å². The number of hydrogen-bond donors (Lipinski definition) is 1. The average Bonchev–Trinajstić information content (AvgIpc) is 2.39. The standard InChI is InChI=1S/C13H16ClN3O2/c1-2-3-8-15-13(17(18)19)9-10-6-4-5-7-11(10)16-12(13)14/h4-7,9,12,15H,2-3,8H2,1H3. The van der Waals surface area contributed by atoms with Crippen molar-refractivity contribution in [1.82, 2.24) is 5.32 Å². The summed E-state index contributed by atoms with van der Waals surface area (Å²) in [4.78, 5) is 15.3. The number of nitrogens with one attached hydrogen (secondary N) is 1. The largest absolute Gasteiger partial charge is 0.330 e. The molecule has 0 fully saturated rings. The molecule has 0 aromatic heterocycles. The van der Waals surface area contributed by atoms with E-state index in [1.165, 1.54) is 0 Å². The van der Waals surface area contributed by atoms with Gasteiger partial charge in [0.1, 0.15) is 0 Å². The zero-order valence-corrected chi connectivity index (χ0v) is 11.4. The molecule has 2 unspecified atom stereocenters. The molecule has 1 heterocycles. The summed E-state index contributed by atoms with van der Waals surface area (Å²) >= 11 is 6.14. The van der Waals surface area contributed by atoms with Gasteiger partial charge in [-0.05, 0) is 12.5 Å². The van der Waals surface area contributed by atoms with Crippen LogP contribution in [0, 0.1) is 10.1 Å². The van der Waals surface area contributed by atoms with Gasteiger partial charge in [0.15, 0.2) is 0 Å². The first-order chi connectivity index (χ1) is 9.10. The number of para-hydroxylation sites is 1. The van der Waals surface area contributed by atoms with Crippen LogP contribution < -0.4 is 15.9 Å². The van der Waals surface area contributed by atoms with Crippen molar-refractivity contribution in [3.63, 3.8) is 0 Å². The molecule has 1 aliphatic rings. The summed E-state index contributed by atoms with van der Waals surface area (Å²) < 4.78 is 0. The van der Waals surface area contributed by atoms with Crippen molar-refractivity contribution in [3.05, 3.63) is 45.0 Å². The van der Waals surface area contributed by atoms with Crippen molar-refractivity contribution in [3.8, 4) is 0 Å². The van der Waals surface area contributed by atoms with E-state index in [9.17, 15) is 10.1 Å². The lowest BCUT2D eigenvalue weighted by Gasteiger charge is -2.27. The predicted octanol–water partition coefficient (Wildman–Crippen LogP) is 1.03. The molecule has 2 rings (SSSR count). The van der Waals surface area contributed by atoms with Gasteiger partial charge in [-0.2, -0.15) is 0 Å². The van der Waals surface area contributed by atoms with Gasteiger partial charge >= 0.3 is 5.66 Å². The van der Waals surface area contributed by atoms with Crippen LogP contribution in [0.25, 0.3) is 6.08 Å². The minimum Gasteiger partial charge on any atom is -0.262 e. The second-order valence-corrected chi connectivity index (χ2v) is 4.94. The molecule has 19 heavy (non-hydrogen) atoms. The molecule has 0 amide bonds. The van der Waals surface area contributed by atoms with Crippen LogP contribution in [0.5, 0.6) is 0 Å². The molecule has 1 aromatic carbocycles. The third kappa shape index (κ3) is 2.62. The Hall–Kier alpha value is -1.46. The van der Waals surface area contributed by atoms with Crippen LogP contribution in [0.15, 0.2) is 29.3 Å². The summed E-state index contributed by atoms with van der Waals surface area (Å²) in [6, 6.07) is 7.28. The number of rotatable bonds is 5. The lowest BCUT2D eigenvalue weighted by atomic mass is 10.1. The fraction of sp³-hybridized carbons (Fsp3) is 0.462. The van der Waals surface area contributed by atoms with E-state index in [2.05, 4.69) is 10.3 Å². The van der Waals surface area contributed by atoms with Gasteiger partial charge in [0.2, 0.25) is 5.50 Å². The Labute approximate surface area is 116 Å². The minimum absolute atomic E-state index is 0.389. The summed E-state index contributed by atoms with van der Waals surface area (Å²) in [7, 11) is 0.